The van der Waals surface area contributed by atoms with Gasteiger partial charge in [-0.1, -0.05) is 37.3 Å². The Balaban J connectivity index is 2.88. The lowest BCUT2D eigenvalue weighted by atomic mass is 9.61. The van der Waals surface area contributed by atoms with Crippen molar-refractivity contribution in [3.05, 3.63) is 37.0 Å². The van der Waals surface area contributed by atoms with Gasteiger partial charge in [-0.3, -0.25) is 0 Å². The molecule has 1 rings (SSSR count). The van der Waals surface area contributed by atoms with Gasteiger partial charge in [-0.2, -0.15) is 0 Å². The summed E-state index contributed by atoms with van der Waals surface area (Å²) in [7, 11) is 0. The maximum absolute atomic E-state index is 4.14. The largest absolute Gasteiger partial charge is 0.103 e. The van der Waals surface area contributed by atoms with Crippen LogP contribution in [-0.4, -0.2) is 0 Å². The van der Waals surface area contributed by atoms with Crippen molar-refractivity contribution in [3.63, 3.8) is 0 Å². The van der Waals surface area contributed by atoms with Crippen molar-refractivity contribution in [3.8, 4) is 0 Å². The molecule has 0 aromatic carbocycles. The second-order valence-corrected chi connectivity index (χ2v) is 5.43. The standard InChI is InChI=1S/C15H24/c1-7-15(6)9-8-13(11(2)3)10-14(15)12(4)5/h7,13-14H,1-2,4,8-10H2,3,5-6H3/t13-,14-,15-/m1/s1. The van der Waals surface area contributed by atoms with E-state index in [1.807, 2.05) is 0 Å². The number of hydrogen-bond donors (Lipinski definition) is 0. The molecule has 0 heteroatoms. The smallest absolute Gasteiger partial charge is 0.00836 e. The highest BCUT2D eigenvalue weighted by atomic mass is 14.4. The van der Waals surface area contributed by atoms with Gasteiger partial charge in [-0.25, -0.2) is 0 Å². The van der Waals surface area contributed by atoms with E-state index in [2.05, 4.69) is 46.6 Å². The van der Waals surface area contributed by atoms with E-state index in [1.54, 1.807) is 0 Å². The van der Waals surface area contributed by atoms with Crippen LogP contribution in [0.5, 0.6) is 0 Å². The minimum Gasteiger partial charge on any atom is -0.103 e. The van der Waals surface area contributed by atoms with Crippen LogP contribution in [0.1, 0.15) is 40.0 Å². The molecule has 0 unspecified atom stereocenters. The molecule has 0 spiro atoms. The Morgan fingerprint density at radius 3 is 2.27 bits per heavy atom. The van der Waals surface area contributed by atoms with Gasteiger partial charge < -0.3 is 0 Å². The fraction of sp³-hybridized carbons (Fsp3) is 0.600. The van der Waals surface area contributed by atoms with Crippen molar-refractivity contribution in [2.75, 3.05) is 0 Å². The van der Waals surface area contributed by atoms with Crippen molar-refractivity contribution in [2.24, 2.45) is 17.3 Å². The summed E-state index contributed by atoms with van der Waals surface area (Å²) < 4.78 is 0. The van der Waals surface area contributed by atoms with Gasteiger partial charge in [-0.05, 0) is 50.4 Å². The first-order valence-corrected chi connectivity index (χ1v) is 5.85. The molecular formula is C15H24. The highest BCUT2D eigenvalue weighted by molar-refractivity contribution is 5.15. The zero-order valence-corrected chi connectivity index (χ0v) is 10.5. The van der Waals surface area contributed by atoms with Gasteiger partial charge in [0.2, 0.25) is 0 Å². The first-order chi connectivity index (χ1) is 6.90. The van der Waals surface area contributed by atoms with E-state index < -0.39 is 0 Å². The summed E-state index contributed by atoms with van der Waals surface area (Å²) >= 11 is 0. The minimum absolute atomic E-state index is 0.248. The first kappa shape index (κ1) is 12.3. The highest BCUT2D eigenvalue weighted by Gasteiger charge is 2.38. The second-order valence-electron chi connectivity index (χ2n) is 5.43. The summed E-state index contributed by atoms with van der Waals surface area (Å²) in [5, 5.41) is 0. The molecule has 1 saturated carbocycles. The fourth-order valence-corrected chi connectivity index (χ4v) is 2.79. The average molecular weight is 204 g/mol. The molecular weight excluding hydrogens is 180 g/mol. The van der Waals surface area contributed by atoms with Crippen molar-refractivity contribution >= 4 is 0 Å². The Labute approximate surface area is 94.8 Å². The van der Waals surface area contributed by atoms with Crippen molar-refractivity contribution < 1.29 is 0 Å². The molecule has 0 aliphatic heterocycles. The molecule has 0 radical (unpaired) electrons. The zero-order chi connectivity index (χ0) is 11.6. The summed E-state index contributed by atoms with van der Waals surface area (Å²) in [5.41, 5.74) is 2.87. The molecule has 0 saturated heterocycles. The van der Waals surface area contributed by atoms with E-state index in [-0.39, 0.29) is 5.41 Å². The molecule has 0 N–H and O–H groups in total. The van der Waals surface area contributed by atoms with Gasteiger partial charge >= 0.3 is 0 Å². The number of rotatable bonds is 3. The summed E-state index contributed by atoms with van der Waals surface area (Å²) in [4.78, 5) is 0. The minimum atomic E-state index is 0.248. The van der Waals surface area contributed by atoms with E-state index in [0.29, 0.717) is 11.8 Å². The lowest BCUT2D eigenvalue weighted by Gasteiger charge is -2.43. The molecule has 1 aliphatic carbocycles. The zero-order valence-electron chi connectivity index (χ0n) is 10.5. The van der Waals surface area contributed by atoms with Crippen LogP contribution in [0.25, 0.3) is 0 Å². The molecule has 0 aromatic heterocycles. The Morgan fingerprint density at radius 2 is 1.87 bits per heavy atom. The van der Waals surface area contributed by atoms with E-state index >= 15 is 0 Å². The Bertz CT molecular complexity index is 284. The monoisotopic (exact) mass is 204 g/mol. The lowest BCUT2D eigenvalue weighted by Crippen LogP contribution is -2.33. The topological polar surface area (TPSA) is 0 Å². The second kappa shape index (κ2) is 4.38. The molecule has 84 valence electrons. The van der Waals surface area contributed by atoms with Crippen LogP contribution >= 0.6 is 0 Å². The highest BCUT2D eigenvalue weighted by Crippen LogP contribution is 2.48. The maximum atomic E-state index is 4.14. The Kier molecular flexibility index (Phi) is 3.59. The molecule has 3 atom stereocenters. The van der Waals surface area contributed by atoms with Crippen LogP contribution in [0.15, 0.2) is 37.0 Å². The van der Waals surface area contributed by atoms with E-state index in [9.17, 15) is 0 Å². The van der Waals surface area contributed by atoms with Crippen molar-refractivity contribution in [1.82, 2.24) is 0 Å². The van der Waals surface area contributed by atoms with Crippen LogP contribution in [0, 0.1) is 17.3 Å². The Hall–Kier alpha value is -0.780. The predicted molar refractivity (Wildman–Crippen MR) is 68.8 cm³/mol. The molecule has 0 nitrogen and oxygen atoms in total. The van der Waals surface area contributed by atoms with Crippen LogP contribution in [0.4, 0.5) is 0 Å². The maximum Gasteiger partial charge on any atom is -0.00836 e. The fourth-order valence-electron chi connectivity index (χ4n) is 2.79. The van der Waals surface area contributed by atoms with Gasteiger partial charge in [0.1, 0.15) is 0 Å². The lowest BCUT2D eigenvalue weighted by molar-refractivity contribution is 0.170. The van der Waals surface area contributed by atoms with E-state index in [0.717, 1.165) is 0 Å². The van der Waals surface area contributed by atoms with Crippen LogP contribution in [-0.2, 0) is 0 Å². The van der Waals surface area contributed by atoms with Gasteiger partial charge in [-0.15, -0.1) is 6.58 Å². The average Bonchev–Trinajstić information content (AvgIpc) is 2.17. The van der Waals surface area contributed by atoms with Gasteiger partial charge in [0.25, 0.3) is 0 Å². The third kappa shape index (κ3) is 2.42. The third-order valence-electron chi connectivity index (χ3n) is 4.11. The van der Waals surface area contributed by atoms with Gasteiger partial charge in [0.05, 0.1) is 0 Å². The summed E-state index contributed by atoms with van der Waals surface area (Å²) in [5.74, 6) is 1.25. The SMILES string of the molecule is C=C[C@]1(C)CC[C@@H](C(=C)C)C[C@@H]1C(=C)C. The van der Waals surface area contributed by atoms with E-state index in [4.69, 9.17) is 0 Å². The first-order valence-electron chi connectivity index (χ1n) is 5.85. The summed E-state index contributed by atoms with van der Waals surface area (Å²) in [6.07, 6.45) is 5.79. The molecule has 0 amide bonds. The summed E-state index contributed by atoms with van der Waals surface area (Å²) in [6, 6.07) is 0. The van der Waals surface area contributed by atoms with Crippen molar-refractivity contribution in [1.29, 1.82) is 0 Å². The quantitative estimate of drug-likeness (QED) is 0.582. The predicted octanol–water partition coefficient (Wildman–Crippen LogP) is 4.75. The molecule has 0 bridgehead atoms. The van der Waals surface area contributed by atoms with Crippen molar-refractivity contribution in [2.45, 2.75) is 40.0 Å². The number of allylic oxidation sites excluding steroid dienone is 3. The molecule has 0 heterocycles. The molecule has 1 fully saturated rings. The van der Waals surface area contributed by atoms with Crippen LogP contribution in [0.2, 0.25) is 0 Å². The third-order valence-corrected chi connectivity index (χ3v) is 4.11. The van der Waals surface area contributed by atoms with Crippen LogP contribution < -0.4 is 0 Å². The summed E-state index contributed by atoms with van der Waals surface area (Å²) in [6.45, 7) is 18.8. The molecule has 0 aromatic rings. The van der Waals surface area contributed by atoms with Gasteiger partial charge in [0.15, 0.2) is 0 Å². The normalized spacial score (nSPS) is 35.9. The van der Waals surface area contributed by atoms with E-state index in [1.165, 1.54) is 30.4 Å². The Morgan fingerprint density at radius 1 is 1.27 bits per heavy atom. The molecule has 15 heavy (non-hydrogen) atoms. The van der Waals surface area contributed by atoms with Crippen LogP contribution in [0.3, 0.4) is 0 Å². The van der Waals surface area contributed by atoms with Gasteiger partial charge in [0, 0.05) is 0 Å². The molecule has 1 aliphatic rings. The number of hydrogen-bond acceptors (Lipinski definition) is 0.